The topological polar surface area (TPSA) is 282 Å². The van der Waals surface area contributed by atoms with Gasteiger partial charge in [0.15, 0.2) is 30.8 Å². The number of hydrogen-bond acceptors (Lipinski definition) is 15. The highest BCUT2D eigenvalue weighted by molar-refractivity contribution is 7.62. The molecule has 4 rings (SSSR count). The van der Waals surface area contributed by atoms with E-state index >= 15 is 0 Å². The molecule has 2 aromatic rings. The van der Waals surface area contributed by atoms with Crippen molar-refractivity contribution in [3.05, 3.63) is 12.7 Å². The number of phosphoric acid groups is 1. The Morgan fingerprint density at radius 3 is 2.58 bits per heavy atom. The number of imidazole rings is 1. The molecule has 0 aromatic carbocycles. The van der Waals surface area contributed by atoms with Gasteiger partial charge in [0, 0.05) is 6.04 Å². The molecule has 3 unspecified atom stereocenters. The molecule has 2 aromatic heterocycles. The van der Waals surface area contributed by atoms with Gasteiger partial charge in [-0.05, 0) is 12.8 Å². The zero-order valence-corrected chi connectivity index (χ0v) is 22.5. The summed E-state index contributed by atoms with van der Waals surface area (Å²) in [6, 6.07) is -0.419. The van der Waals surface area contributed by atoms with Crippen LogP contribution in [0.15, 0.2) is 12.7 Å². The van der Waals surface area contributed by atoms with Crippen molar-refractivity contribution in [1.82, 2.24) is 30.2 Å². The summed E-state index contributed by atoms with van der Waals surface area (Å²) in [5, 5.41) is 36.9. The van der Waals surface area contributed by atoms with Gasteiger partial charge in [-0.3, -0.25) is 28.9 Å². The predicted molar refractivity (Wildman–Crippen MR) is 128 cm³/mol. The third kappa shape index (κ3) is 7.58. The molecule has 0 radical (unpaired) electrons. The van der Waals surface area contributed by atoms with Gasteiger partial charge in [-0.15, -0.1) is 0 Å². The molecule has 0 spiro atoms. The number of hydrogen-bond donors (Lipinski definition) is 6. The number of rotatable bonds is 12. The number of aromatic nitrogens is 4. The first kappa shape index (κ1) is 30.4. The minimum absolute atomic E-state index is 0.0570. The van der Waals surface area contributed by atoms with E-state index in [1.165, 1.54) is 10.9 Å². The van der Waals surface area contributed by atoms with Crippen LogP contribution in [0.5, 0.6) is 0 Å². The fraction of sp³-hybridized carbons (Fsp3) is 0.632. The van der Waals surface area contributed by atoms with E-state index in [9.17, 15) is 38.7 Å². The van der Waals surface area contributed by atoms with Crippen LogP contribution in [0.3, 0.4) is 0 Å². The second-order valence-electron chi connectivity index (χ2n) is 9.09. The number of carboxylic acids is 1. The summed E-state index contributed by atoms with van der Waals surface area (Å²) >= 11 is 0. The number of ether oxygens (including phenoxy) is 1. The molecule has 2 aliphatic rings. The first-order valence-electron chi connectivity index (χ1n) is 12.0. The van der Waals surface area contributed by atoms with Gasteiger partial charge in [0.1, 0.15) is 24.6 Å². The van der Waals surface area contributed by atoms with Gasteiger partial charge in [0.25, 0.3) is 7.82 Å². The first-order chi connectivity index (χ1) is 18.8. The van der Waals surface area contributed by atoms with E-state index in [-0.39, 0.29) is 23.0 Å². The SMILES string of the molecule is O=C(O)CNCP(=O)([O-])OP(=O)([O-])OC[C@H]1O[C@@H](n2cnc3c(NC(=O)NC4CCCC4)ncnc32)[C@@H](O)C1O. The molecule has 1 saturated heterocycles. The number of nitrogens with one attached hydrogen (secondary N) is 3. The standard InChI is InChI=1S/C19H29N7O12P2/c27-12(28)5-20-9-39(32,33)38-40(34,35)36-6-11-14(29)15(30)18(37-11)26-8-23-13-16(21-7-22-17(13)26)25-19(31)24-10-3-1-2-4-10/h7-8,10-11,14-15,18,20,29-30H,1-6,9H2,(H,27,28)(H,32,33)(H,34,35)(H2,21,22,24,25,31)/p-2/t11-,14?,15+,18-/m1/s1. The zero-order chi connectivity index (χ0) is 29.1. The van der Waals surface area contributed by atoms with Crippen molar-refractivity contribution in [2.45, 2.75) is 56.3 Å². The van der Waals surface area contributed by atoms with E-state index in [4.69, 9.17) is 9.84 Å². The average molecular weight is 607 g/mol. The summed E-state index contributed by atoms with van der Waals surface area (Å²) in [7, 11) is -10.6. The Labute approximate surface area is 226 Å². The Kier molecular flexibility index (Phi) is 9.51. The molecular formula is C19H27N7O12P2-2. The number of amides is 2. The van der Waals surface area contributed by atoms with E-state index in [0.717, 1.165) is 32.0 Å². The Bertz CT molecular complexity index is 1320. The van der Waals surface area contributed by atoms with Crippen LogP contribution in [0.4, 0.5) is 10.6 Å². The van der Waals surface area contributed by atoms with Crippen LogP contribution in [0.2, 0.25) is 0 Å². The van der Waals surface area contributed by atoms with Crippen molar-refractivity contribution in [3.63, 3.8) is 0 Å². The maximum Gasteiger partial charge on any atom is 0.320 e. The van der Waals surface area contributed by atoms with E-state index in [1.807, 2.05) is 5.32 Å². The van der Waals surface area contributed by atoms with Crippen LogP contribution in [0, 0.1) is 0 Å². The molecule has 3 heterocycles. The number of aliphatic hydroxyl groups is 2. The van der Waals surface area contributed by atoms with Crippen LogP contribution in [-0.4, -0.2) is 90.6 Å². The molecule has 1 aliphatic carbocycles. The fourth-order valence-corrected chi connectivity index (χ4v) is 6.65. The molecule has 0 bridgehead atoms. The van der Waals surface area contributed by atoms with Crippen molar-refractivity contribution in [1.29, 1.82) is 0 Å². The van der Waals surface area contributed by atoms with Crippen LogP contribution < -0.4 is 25.7 Å². The number of carboxylic acid groups (broad SMARTS) is 1. The van der Waals surface area contributed by atoms with Crippen molar-refractivity contribution < 1.29 is 57.4 Å². The lowest BCUT2D eigenvalue weighted by Crippen LogP contribution is -2.36. The third-order valence-corrected chi connectivity index (χ3v) is 8.97. The number of aliphatic carboxylic acids is 1. The summed E-state index contributed by atoms with van der Waals surface area (Å²) in [4.78, 5) is 58.9. The Hall–Kier alpha value is -2.57. The second-order valence-corrected chi connectivity index (χ2v) is 12.4. The van der Waals surface area contributed by atoms with Gasteiger partial charge in [0.05, 0.1) is 25.8 Å². The van der Waals surface area contributed by atoms with E-state index in [1.54, 1.807) is 0 Å². The van der Waals surface area contributed by atoms with Crippen molar-refractivity contribution >= 4 is 44.4 Å². The number of urea groups is 1. The van der Waals surface area contributed by atoms with Crippen molar-refractivity contribution in [2.75, 3.05) is 24.8 Å². The van der Waals surface area contributed by atoms with E-state index in [0.29, 0.717) is 0 Å². The van der Waals surface area contributed by atoms with Gasteiger partial charge in [-0.2, -0.15) is 0 Å². The maximum absolute atomic E-state index is 12.4. The highest BCUT2D eigenvalue weighted by Crippen LogP contribution is 2.54. The van der Waals surface area contributed by atoms with Gasteiger partial charge >= 0.3 is 12.0 Å². The van der Waals surface area contributed by atoms with Crippen LogP contribution in [0.25, 0.3) is 11.2 Å². The zero-order valence-electron chi connectivity index (χ0n) is 20.7. The van der Waals surface area contributed by atoms with Crippen LogP contribution in [0.1, 0.15) is 31.9 Å². The number of nitrogens with zero attached hydrogens (tertiary/aromatic N) is 4. The molecule has 40 heavy (non-hydrogen) atoms. The maximum atomic E-state index is 12.4. The summed E-state index contributed by atoms with van der Waals surface area (Å²) in [5.41, 5.74) is 0.261. The summed E-state index contributed by atoms with van der Waals surface area (Å²) in [6.07, 6.45) is -1.05. The molecule has 21 heteroatoms. The Balaban J connectivity index is 1.39. The number of carbonyl (C=O) groups is 2. The van der Waals surface area contributed by atoms with Crippen molar-refractivity contribution in [2.24, 2.45) is 0 Å². The predicted octanol–water partition coefficient (Wildman–Crippen LogP) is -1.80. The van der Waals surface area contributed by atoms with Crippen molar-refractivity contribution in [3.8, 4) is 0 Å². The van der Waals surface area contributed by atoms with Gasteiger partial charge in [-0.25, -0.2) is 19.7 Å². The smallest absolute Gasteiger partial charge is 0.320 e. The highest BCUT2D eigenvalue weighted by atomic mass is 31.3. The van der Waals surface area contributed by atoms with Crippen LogP contribution in [-0.2, 0) is 27.5 Å². The fourth-order valence-electron chi connectivity index (χ4n) is 4.29. The molecule has 2 amide bonds. The highest BCUT2D eigenvalue weighted by Gasteiger charge is 2.45. The lowest BCUT2D eigenvalue weighted by Gasteiger charge is -2.32. The number of carbonyl (C=O) groups excluding carboxylic acids is 1. The molecule has 6 atom stereocenters. The van der Waals surface area contributed by atoms with Gasteiger partial charge in [-0.1, -0.05) is 12.8 Å². The average Bonchev–Trinajstić information content (AvgIpc) is 3.58. The number of fused-ring (bicyclic) bond motifs is 1. The minimum Gasteiger partial charge on any atom is -0.777 e. The second kappa shape index (κ2) is 12.5. The normalized spacial score (nSPS) is 26.4. The van der Waals surface area contributed by atoms with Gasteiger partial charge < -0.3 is 44.2 Å². The summed E-state index contributed by atoms with van der Waals surface area (Å²) in [5.74, 6) is -1.30. The lowest BCUT2D eigenvalue weighted by atomic mass is 10.1. The van der Waals surface area contributed by atoms with Gasteiger partial charge in [0.2, 0.25) is 0 Å². The third-order valence-electron chi connectivity index (χ3n) is 6.10. The molecule has 6 N–H and O–H groups in total. The van der Waals surface area contributed by atoms with Crippen LogP contribution >= 0.6 is 15.4 Å². The number of phosphoric ester groups is 1. The molecular weight excluding hydrogens is 580 g/mol. The van der Waals surface area contributed by atoms with E-state index < -0.39 is 71.4 Å². The monoisotopic (exact) mass is 607 g/mol. The first-order valence-corrected chi connectivity index (χ1v) is 15.2. The Morgan fingerprint density at radius 2 is 1.88 bits per heavy atom. The number of aliphatic hydroxyl groups excluding tert-OH is 2. The summed E-state index contributed by atoms with van der Waals surface area (Å²) in [6.45, 7) is -1.70. The number of anilines is 1. The minimum atomic E-state index is -5.50. The Morgan fingerprint density at radius 1 is 1.15 bits per heavy atom. The molecule has 2 fully saturated rings. The molecule has 222 valence electrons. The van der Waals surface area contributed by atoms with E-state index in [2.05, 4.69) is 34.4 Å². The molecule has 19 nitrogen and oxygen atoms in total. The summed E-state index contributed by atoms with van der Waals surface area (Å²) < 4.78 is 39.1. The molecule has 1 aliphatic heterocycles. The quantitative estimate of drug-likeness (QED) is 0.145. The molecule has 1 saturated carbocycles. The lowest BCUT2D eigenvalue weighted by molar-refractivity contribution is -0.234. The largest absolute Gasteiger partial charge is 0.777 e.